The maximum Gasteiger partial charge on any atom is 0.303 e. The Kier molecular flexibility index (Phi) is 51.9. The largest absolute Gasteiger partial charge is 0.481 e. The molecule has 8 nitrogen and oxygen atoms in total. The number of rotatable bonds is 29. The van der Waals surface area contributed by atoms with E-state index in [0.717, 1.165) is 77.0 Å². The highest BCUT2D eigenvalue weighted by Gasteiger charge is 1.96. The van der Waals surface area contributed by atoms with Crippen LogP contribution in [0.5, 0.6) is 0 Å². The first-order valence-corrected chi connectivity index (χ1v) is 18.5. The molecule has 0 bridgehead atoms. The number of carbonyl (C=O) groups is 4. The lowest BCUT2D eigenvalue weighted by Crippen LogP contribution is -1.93. The average Bonchev–Trinajstić information content (AvgIpc) is 3.03. The summed E-state index contributed by atoms with van der Waals surface area (Å²) in [6.07, 6.45) is 38.0. The van der Waals surface area contributed by atoms with Gasteiger partial charge in [0.25, 0.3) is 0 Å². The number of allylic oxidation sites excluding steroid dienone is 7. The molecule has 0 aliphatic heterocycles. The standard InChI is InChI=1S/4C10H18O2/c4*1-2-3-4-5-6-7-8-9-10(11)12/h6-7H,2-5,8-9H2,1H3,(H,11,12);5-6H,2-4,7-9H2,1H3,(H,11,12);4-5H,2-3,6-9H2,1H3,(H,11,12);2H,1,3-9H2,(H,11,12). The van der Waals surface area contributed by atoms with Gasteiger partial charge >= 0.3 is 23.9 Å². The minimum Gasteiger partial charge on any atom is -0.481 e. The van der Waals surface area contributed by atoms with E-state index in [9.17, 15) is 19.2 Å². The molecule has 0 atom stereocenters. The quantitative estimate of drug-likeness (QED) is 0.0450. The van der Waals surface area contributed by atoms with Crippen molar-refractivity contribution in [2.75, 3.05) is 0 Å². The molecule has 0 fully saturated rings. The summed E-state index contributed by atoms with van der Waals surface area (Å²) in [5.41, 5.74) is 0. The van der Waals surface area contributed by atoms with Crippen molar-refractivity contribution in [2.24, 2.45) is 0 Å². The van der Waals surface area contributed by atoms with Gasteiger partial charge in [0.05, 0.1) is 0 Å². The van der Waals surface area contributed by atoms with Crippen LogP contribution in [0, 0.1) is 0 Å². The minimum atomic E-state index is -0.715. The number of hydrogen-bond donors (Lipinski definition) is 4. The molecule has 0 aromatic carbocycles. The van der Waals surface area contributed by atoms with E-state index in [0.29, 0.717) is 19.3 Å². The van der Waals surface area contributed by atoms with Gasteiger partial charge in [0, 0.05) is 25.7 Å². The van der Waals surface area contributed by atoms with Gasteiger partial charge in [0.15, 0.2) is 0 Å². The van der Waals surface area contributed by atoms with Crippen LogP contribution in [0.4, 0.5) is 0 Å². The van der Waals surface area contributed by atoms with E-state index >= 15 is 0 Å². The molecule has 48 heavy (non-hydrogen) atoms. The lowest BCUT2D eigenvalue weighted by Gasteiger charge is -1.97. The third kappa shape index (κ3) is 69.5. The van der Waals surface area contributed by atoms with E-state index in [2.05, 4.69) is 57.7 Å². The van der Waals surface area contributed by atoms with Gasteiger partial charge in [0.2, 0.25) is 0 Å². The first-order chi connectivity index (χ1) is 23.1. The molecule has 0 unspecified atom stereocenters. The van der Waals surface area contributed by atoms with Gasteiger partial charge in [-0.25, -0.2) is 0 Å². The van der Waals surface area contributed by atoms with Crippen molar-refractivity contribution in [2.45, 2.75) is 181 Å². The summed E-state index contributed by atoms with van der Waals surface area (Å²) in [7, 11) is 0. The predicted molar refractivity (Wildman–Crippen MR) is 201 cm³/mol. The molecule has 0 aromatic heterocycles. The van der Waals surface area contributed by atoms with Gasteiger partial charge in [-0.15, -0.1) is 6.58 Å². The van der Waals surface area contributed by atoms with Crippen LogP contribution >= 0.6 is 0 Å². The topological polar surface area (TPSA) is 149 Å². The fourth-order valence-corrected chi connectivity index (χ4v) is 3.92. The summed E-state index contributed by atoms with van der Waals surface area (Å²) in [5, 5.41) is 33.3. The molecule has 0 aromatic rings. The Bertz CT molecular complexity index is 814. The molecule has 280 valence electrons. The molecule has 0 amide bonds. The highest BCUT2D eigenvalue weighted by molar-refractivity contribution is 5.67. The van der Waals surface area contributed by atoms with Crippen LogP contribution < -0.4 is 0 Å². The number of carboxylic acid groups (broad SMARTS) is 4. The Morgan fingerprint density at radius 3 is 1.21 bits per heavy atom. The summed E-state index contributed by atoms with van der Waals surface area (Å²) < 4.78 is 0. The fraction of sp³-hybridized carbons (Fsp3) is 0.700. The van der Waals surface area contributed by atoms with E-state index < -0.39 is 23.9 Å². The number of unbranched alkanes of at least 4 members (excludes halogenated alkanes) is 14. The molecule has 0 aliphatic rings. The van der Waals surface area contributed by atoms with Gasteiger partial charge in [-0.1, -0.05) is 115 Å². The van der Waals surface area contributed by atoms with Crippen molar-refractivity contribution >= 4 is 23.9 Å². The number of hydrogen-bond acceptors (Lipinski definition) is 4. The minimum absolute atomic E-state index is 0.254. The van der Waals surface area contributed by atoms with Crippen molar-refractivity contribution in [3.05, 3.63) is 49.1 Å². The van der Waals surface area contributed by atoms with Gasteiger partial charge < -0.3 is 20.4 Å². The Balaban J connectivity index is -0.000000269. The van der Waals surface area contributed by atoms with Gasteiger partial charge in [-0.2, -0.15) is 0 Å². The predicted octanol–water partition coefficient (Wildman–Crippen LogP) is 12.0. The smallest absolute Gasteiger partial charge is 0.303 e. The molecule has 4 N–H and O–H groups in total. The maximum atomic E-state index is 10.1. The molecule has 0 saturated heterocycles. The zero-order chi connectivity index (χ0) is 36.9. The van der Waals surface area contributed by atoms with Crippen LogP contribution in [0.2, 0.25) is 0 Å². The third-order valence-corrected chi connectivity index (χ3v) is 6.75. The summed E-state index contributed by atoms with van der Waals surface area (Å²) in [5.74, 6) is -2.78. The van der Waals surface area contributed by atoms with Crippen molar-refractivity contribution in [3.8, 4) is 0 Å². The van der Waals surface area contributed by atoms with Gasteiger partial charge in [-0.3, -0.25) is 19.2 Å². The second kappa shape index (κ2) is 48.2. The Morgan fingerprint density at radius 1 is 0.375 bits per heavy atom. The van der Waals surface area contributed by atoms with Crippen molar-refractivity contribution in [3.63, 3.8) is 0 Å². The summed E-state index contributed by atoms with van der Waals surface area (Å²) in [6.45, 7) is 10.1. The van der Waals surface area contributed by atoms with E-state index in [4.69, 9.17) is 20.4 Å². The first-order valence-electron chi connectivity index (χ1n) is 18.5. The van der Waals surface area contributed by atoms with Crippen LogP contribution in [0.25, 0.3) is 0 Å². The third-order valence-electron chi connectivity index (χ3n) is 6.75. The lowest BCUT2D eigenvalue weighted by molar-refractivity contribution is -0.138. The Morgan fingerprint density at radius 2 is 0.729 bits per heavy atom. The van der Waals surface area contributed by atoms with Crippen molar-refractivity contribution < 1.29 is 39.6 Å². The van der Waals surface area contributed by atoms with E-state index in [-0.39, 0.29) is 12.8 Å². The second-order valence-electron chi connectivity index (χ2n) is 11.7. The zero-order valence-corrected chi connectivity index (χ0v) is 30.8. The van der Waals surface area contributed by atoms with Crippen molar-refractivity contribution in [1.82, 2.24) is 0 Å². The molecular formula is C40H72O8. The van der Waals surface area contributed by atoms with E-state index in [1.165, 1.54) is 51.4 Å². The zero-order valence-electron chi connectivity index (χ0n) is 30.8. The maximum absolute atomic E-state index is 10.1. The van der Waals surface area contributed by atoms with E-state index in [1.807, 2.05) is 12.2 Å². The second-order valence-corrected chi connectivity index (χ2v) is 11.7. The molecule has 8 heteroatoms. The number of aliphatic carboxylic acids is 4. The highest BCUT2D eigenvalue weighted by Crippen LogP contribution is 2.07. The normalized spacial score (nSPS) is 10.5. The monoisotopic (exact) mass is 681 g/mol. The van der Waals surface area contributed by atoms with Crippen LogP contribution in [-0.2, 0) is 19.2 Å². The number of carboxylic acids is 4. The van der Waals surface area contributed by atoms with E-state index in [1.54, 1.807) is 0 Å². The van der Waals surface area contributed by atoms with Gasteiger partial charge in [-0.05, 0) is 83.5 Å². The molecular weight excluding hydrogens is 608 g/mol. The fourth-order valence-electron chi connectivity index (χ4n) is 3.92. The summed E-state index contributed by atoms with van der Waals surface area (Å²) in [4.78, 5) is 40.4. The van der Waals surface area contributed by atoms with Crippen molar-refractivity contribution in [1.29, 1.82) is 0 Å². The van der Waals surface area contributed by atoms with Crippen LogP contribution in [0.3, 0.4) is 0 Å². The SMILES string of the molecule is C=CCCCCCCCC(=O)O.CCCC=CCCCCC(=O)O.CCCCC=CCCCC(=O)O.CCCCCC=CCCC(=O)O. The molecule has 0 aliphatic carbocycles. The summed E-state index contributed by atoms with van der Waals surface area (Å²) >= 11 is 0. The first kappa shape index (κ1) is 51.7. The Labute approximate surface area is 293 Å². The Hall–Kier alpha value is -3.16. The highest BCUT2D eigenvalue weighted by atomic mass is 16.4. The summed E-state index contributed by atoms with van der Waals surface area (Å²) in [6, 6.07) is 0. The molecule has 0 saturated carbocycles. The lowest BCUT2D eigenvalue weighted by atomic mass is 10.1. The van der Waals surface area contributed by atoms with Crippen LogP contribution in [-0.4, -0.2) is 44.3 Å². The molecule has 0 radical (unpaired) electrons. The molecule has 0 rings (SSSR count). The average molecular weight is 681 g/mol. The van der Waals surface area contributed by atoms with Crippen LogP contribution in [0.15, 0.2) is 49.1 Å². The van der Waals surface area contributed by atoms with Gasteiger partial charge in [0.1, 0.15) is 0 Å². The molecule has 0 spiro atoms. The van der Waals surface area contributed by atoms with Crippen LogP contribution in [0.1, 0.15) is 181 Å². The molecule has 0 heterocycles.